The van der Waals surface area contributed by atoms with Crippen LogP contribution in [0.3, 0.4) is 0 Å². The van der Waals surface area contributed by atoms with Crippen LogP contribution < -0.4 is 5.84 Å². The van der Waals surface area contributed by atoms with E-state index in [0.29, 0.717) is 22.4 Å². The van der Waals surface area contributed by atoms with Crippen molar-refractivity contribution in [3.63, 3.8) is 0 Å². The van der Waals surface area contributed by atoms with E-state index in [0.717, 1.165) is 0 Å². The van der Waals surface area contributed by atoms with Crippen LogP contribution in [-0.2, 0) is 0 Å². The molecule has 82 valence electrons. The zero-order valence-electron chi connectivity index (χ0n) is 8.51. The van der Waals surface area contributed by atoms with Gasteiger partial charge in [0.1, 0.15) is 5.58 Å². The monoisotopic (exact) mass is 219 g/mol. The van der Waals surface area contributed by atoms with Gasteiger partial charge in [-0.3, -0.25) is 10.1 Å². The Morgan fingerprint density at radius 1 is 1.50 bits per heavy atom. The summed E-state index contributed by atoms with van der Waals surface area (Å²) in [5, 5.41) is 14.7. The lowest BCUT2D eigenvalue weighted by Gasteiger charge is -1.90. The molecule has 0 atom stereocenters. The van der Waals surface area contributed by atoms with E-state index in [1.807, 2.05) is 0 Å². The van der Waals surface area contributed by atoms with E-state index in [2.05, 4.69) is 5.10 Å². The van der Waals surface area contributed by atoms with Gasteiger partial charge in [0, 0.05) is 17.5 Å². The number of nitro groups is 1. The highest BCUT2D eigenvalue weighted by Gasteiger charge is 2.11. The molecular formula is C10H9N3O3. The fraction of sp³-hybridized carbons (Fsp3) is 0.100. The summed E-state index contributed by atoms with van der Waals surface area (Å²) in [4.78, 5) is 10.1. The number of furan rings is 1. The predicted octanol–water partition coefficient (Wildman–Crippen LogP) is 2.02. The maximum atomic E-state index is 10.6. The van der Waals surface area contributed by atoms with Gasteiger partial charge in [0.2, 0.25) is 0 Å². The van der Waals surface area contributed by atoms with Gasteiger partial charge in [-0.15, -0.1) is 0 Å². The second kappa shape index (κ2) is 3.65. The number of nitrogens with two attached hydrogens (primary N) is 1. The molecule has 1 aromatic heterocycles. The molecule has 16 heavy (non-hydrogen) atoms. The molecular weight excluding hydrogens is 210 g/mol. The van der Waals surface area contributed by atoms with Gasteiger partial charge in [0.05, 0.1) is 10.6 Å². The van der Waals surface area contributed by atoms with Gasteiger partial charge >= 0.3 is 0 Å². The second-order valence-corrected chi connectivity index (χ2v) is 3.30. The van der Waals surface area contributed by atoms with Gasteiger partial charge in [-0.1, -0.05) is 0 Å². The molecule has 0 bridgehead atoms. The van der Waals surface area contributed by atoms with E-state index in [4.69, 9.17) is 10.3 Å². The third-order valence-corrected chi connectivity index (χ3v) is 2.26. The zero-order valence-corrected chi connectivity index (χ0v) is 8.51. The SMILES string of the molecule is C/C(=N\N)c1cc2cc([N+](=O)[O-])ccc2o1. The molecule has 0 aliphatic carbocycles. The number of rotatable bonds is 2. The topological polar surface area (TPSA) is 94.7 Å². The lowest BCUT2D eigenvalue weighted by atomic mass is 10.2. The summed E-state index contributed by atoms with van der Waals surface area (Å²) in [7, 11) is 0. The van der Waals surface area contributed by atoms with Crippen LogP contribution in [0.4, 0.5) is 5.69 Å². The third-order valence-electron chi connectivity index (χ3n) is 2.26. The number of non-ortho nitro benzene ring substituents is 1. The Bertz CT molecular complexity index is 586. The second-order valence-electron chi connectivity index (χ2n) is 3.30. The first kappa shape index (κ1) is 10.2. The van der Waals surface area contributed by atoms with E-state index < -0.39 is 4.92 Å². The van der Waals surface area contributed by atoms with Crippen molar-refractivity contribution in [2.24, 2.45) is 10.9 Å². The number of hydrogen-bond donors (Lipinski definition) is 1. The average Bonchev–Trinajstić information content (AvgIpc) is 2.70. The fourth-order valence-electron chi connectivity index (χ4n) is 1.39. The average molecular weight is 219 g/mol. The number of hydrazone groups is 1. The maximum absolute atomic E-state index is 10.6. The predicted molar refractivity (Wildman–Crippen MR) is 59.3 cm³/mol. The molecule has 2 aromatic rings. The molecule has 0 fully saturated rings. The highest BCUT2D eigenvalue weighted by atomic mass is 16.6. The van der Waals surface area contributed by atoms with Crippen molar-refractivity contribution < 1.29 is 9.34 Å². The number of fused-ring (bicyclic) bond motifs is 1. The molecule has 1 heterocycles. The van der Waals surface area contributed by atoms with Crippen LogP contribution in [0.25, 0.3) is 11.0 Å². The summed E-state index contributed by atoms with van der Waals surface area (Å²) < 4.78 is 5.42. The van der Waals surface area contributed by atoms with Gasteiger partial charge in [-0.25, -0.2) is 0 Å². The summed E-state index contributed by atoms with van der Waals surface area (Å²) in [6, 6.07) is 6.07. The van der Waals surface area contributed by atoms with Crippen LogP contribution in [0.5, 0.6) is 0 Å². The van der Waals surface area contributed by atoms with Gasteiger partial charge in [0.15, 0.2) is 5.76 Å². The highest BCUT2D eigenvalue weighted by molar-refractivity contribution is 5.99. The maximum Gasteiger partial charge on any atom is 0.270 e. The van der Waals surface area contributed by atoms with E-state index in [-0.39, 0.29) is 5.69 Å². The molecule has 2 N–H and O–H groups in total. The van der Waals surface area contributed by atoms with Crippen molar-refractivity contribution in [3.05, 3.63) is 40.1 Å². The summed E-state index contributed by atoms with van der Waals surface area (Å²) >= 11 is 0. The first-order chi connectivity index (χ1) is 7.61. The van der Waals surface area contributed by atoms with Gasteiger partial charge in [0.25, 0.3) is 5.69 Å². The normalized spacial score (nSPS) is 11.9. The van der Waals surface area contributed by atoms with Crippen LogP contribution >= 0.6 is 0 Å². The van der Waals surface area contributed by atoms with Crippen LogP contribution in [0.15, 0.2) is 33.8 Å². The molecule has 0 spiro atoms. The first-order valence-corrected chi connectivity index (χ1v) is 4.54. The third kappa shape index (κ3) is 1.60. The molecule has 0 amide bonds. The Kier molecular flexibility index (Phi) is 2.32. The molecule has 0 aliphatic rings. The van der Waals surface area contributed by atoms with E-state index in [1.165, 1.54) is 12.1 Å². The van der Waals surface area contributed by atoms with Crippen LogP contribution in [0.2, 0.25) is 0 Å². The van der Waals surface area contributed by atoms with Crippen molar-refractivity contribution >= 4 is 22.4 Å². The Morgan fingerprint density at radius 3 is 2.88 bits per heavy atom. The fourth-order valence-corrected chi connectivity index (χ4v) is 1.39. The van der Waals surface area contributed by atoms with Crippen molar-refractivity contribution in [2.75, 3.05) is 0 Å². The minimum absolute atomic E-state index is 0.0298. The van der Waals surface area contributed by atoms with Crippen molar-refractivity contribution in [1.29, 1.82) is 0 Å². The van der Waals surface area contributed by atoms with Crippen LogP contribution in [0.1, 0.15) is 12.7 Å². The summed E-state index contributed by atoms with van der Waals surface area (Å²) in [6.45, 7) is 1.70. The molecule has 1 aromatic carbocycles. The van der Waals surface area contributed by atoms with E-state index in [1.54, 1.807) is 19.1 Å². The lowest BCUT2D eigenvalue weighted by Crippen LogP contribution is -1.95. The minimum Gasteiger partial charge on any atom is -0.455 e. The summed E-state index contributed by atoms with van der Waals surface area (Å²) in [5.74, 6) is 5.64. The van der Waals surface area contributed by atoms with Crippen molar-refractivity contribution in [1.82, 2.24) is 0 Å². The smallest absolute Gasteiger partial charge is 0.270 e. The molecule has 0 unspecified atom stereocenters. The summed E-state index contributed by atoms with van der Waals surface area (Å²) in [5.41, 5.74) is 1.14. The Hall–Kier alpha value is -2.37. The van der Waals surface area contributed by atoms with Crippen molar-refractivity contribution in [2.45, 2.75) is 6.92 Å². The number of hydrogen-bond acceptors (Lipinski definition) is 5. The Morgan fingerprint density at radius 2 is 2.25 bits per heavy atom. The zero-order chi connectivity index (χ0) is 11.7. The van der Waals surface area contributed by atoms with Crippen molar-refractivity contribution in [3.8, 4) is 0 Å². The van der Waals surface area contributed by atoms with E-state index >= 15 is 0 Å². The molecule has 6 heteroatoms. The molecule has 6 nitrogen and oxygen atoms in total. The highest BCUT2D eigenvalue weighted by Crippen LogP contribution is 2.24. The van der Waals surface area contributed by atoms with Gasteiger partial charge in [-0.05, 0) is 19.1 Å². The molecule has 2 rings (SSSR count). The molecule has 0 saturated carbocycles. The number of benzene rings is 1. The Labute approximate surface area is 90.5 Å². The number of nitro benzene ring substituents is 1. The van der Waals surface area contributed by atoms with Crippen LogP contribution in [0, 0.1) is 10.1 Å². The standard InChI is InChI=1S/C10H9N3O3/c1-6(12-11)10-5-7-4-8(13(14)15)2-3-9(7)16-10/h2-5H,11H2,1H3/b12-6+. The molecule has 0 radical (unpaired) electrons. The summed E-state index contributed by atoms with van der Waals surface area (Å²) in [6.07, 6.45) is 0. The lowest BCUT2D eigenvalue weighted by molar-refractivity contribution is -0.384. The quantitative estimate of drug-likeness (QED) is 0.361. The van der Waals surface area contributed by atoms with Gasteiger partial charge in [-0.2, -0.15) is 5.10 Å². The van der Waals surface area contributed by atoms with Gasteiger partial charge < -0.3 is 10.3 Å². The van der Waals surface area contributed by atoms with Crippen LogP contribution in [-0.4, -0.2) is 10.6 Å². The molecule has 0 aliphatic heterocycles. The Balaban J connectivity index is 2.58. The minimum atomic E-state index is -0.448. The van der Waals surface area contributed by atoms with E-state index in [9.17, 15) is 10.1 Å². The number of nitrogens with zero attached hydrogens (tertiary/aromatic N) is 2. The first-order valence-electron chi connectivity index (χ1n) is 4.54. The largest absolute Gasteiger partial charge is 0.455 e. The molecule has 0 saturated heterocycles.